The lowest BCUT2D eigenvalue weighted by molar-refractivity contribution is 0.0420. The molecule has 0 atom stereocenters. The number of carbonyl (C=O) groups is 1. The van der Waals surface area contributed by atoms with Crippen molar-refractivity contribution in [3.05, 3.63) is 104 Å². The first kappa shape index (κ1) is 24.4. The second-order valence-electron chi connectivity index (χ2n) is 7.11. The summed E-state index contributed by atoms with van der Waals surface area (Å²) in [5, 5.41) is 2.83. The fraction of sp³-hybridized carbons (Fsp3) is 0.115. The van der Waals surface area contributed by atoms with Crippen molar-refractivity contribution in [1.29, 1.82) is 0 Å². The number of rotatable bonds is 6. The number of benzene rings is 3. The summed E-state index contributed by atoms with van der Waals surface area (Å²) in [7, 11) is 0. The fourth-order valence-corrected chi connectivity index (χ4v) is 3.48. The first-order valence-electron chi connectivity index (χ1n) is 10.0. The lowest BCUT2D eigenvalue weighted by Crippen LogP contribution is -2.25. The molecule has 1 amide bonds. The maximum absolute atomic E-state index is 14.6. The molecule has 3 rings (SSSR count). The van der Waals surface area contributed by atoms with E-state index in [-0.39, 0.29) is 17.9 Å². The molecule has 0 fully saturated rings. The molecule has 0 radical (unpaired) electrons. The van der Waals surface area contributed by atoms with Crippen LogP contribution in [0.15, 0.2) is 72.3 Å². The summed E-state index contributed by atoms with van der Waals surface area (Å²) in [5.74, 6) is 3.10. The normalized spacial score (nSPS) is 10.9. The third kappa shape index (κ3) is 6.88. The molecule has 4 nitrogen and oxygen atoms in total. The number of anilines is 2. The fourth-order valence-electron chi connectivity index (χ4n) is 2.84. The Hall–Kier alpha value is -3.22. The highest BCUT2D eigenvalue weighted by molar-refractivity contribution is 14.1. The number of halogens is 3. The van der Waals surface area contributed by atoms with E-state index in [0.29, 0.717) is 5.69 Å². The molecular formula is C26H21F2IN2O2. The van der Waals surface area contributed by atoms with Crippen LogP contribution in [0.25, 0.3) is 0 Å². The minimum atomic E-state index is -1.15. The Morgan fingerprint density at radius 2 is 1.88 bits per heavy atom. The zero-order chi connectivity index (χ0) is 23.8. The first-order chi connectivity index (χ1) is 15.8. The van der Waals surface area contributed by atoms with Crippen LogP contribution in [0.1, 0.15) is 28.4 Å². The number of hydrogen-bond donors (Lipinski definition) is 2. The number of hydrogen-bond acceptors (Lipinski definition) is 3. The zero-order valence-corrected chi connectivity index (χ0v) is 20.2. The standard InChI is InChI=1S/C26H21F2IN2O2/c1-17(8-9-19-6-4-3-5-7-19)14-15-33-31-26(32)21-11-12-22(27)24(28)25(21)30-23-13-10-20(29)16-18(23)2/h3-7,10-14,16,30H,15H2,1-2H3,(H,31,32). The molecule has 2 N–H and O–H groups in total. The topological polar surface area (TPSA) is 50.4 Å². The molecule has 0 aliphatic heterocycles. The van der Waals surface area contributed by atoms with Crippen molar-refractivity contribution in [2.75, 3.05) is 11.9 Å². The number of nitrogens with one attached hydrogen (secondary N) is 2. The van der Waals surface area contributed by atoms with Crippen molar-refractivity contribution in [3.8, 4) is 11.8 Å². The molecule has 0 bridgehead atoms. The number of hydroxylamine groups is 1. The molecule has 0 saturated carbocycles. The predicted molar refractivity (Wildman–Crippen MR) is 134 cm³/mol. The Bertz CT molecular complexity index is 1250. The highest BCUT2D eigenvalue weighted by Gasteiger charge is 2.19. The van der Waals surface area contributed by atoms with E-state index in [2.05, 4.69) is 45.2 Å². The van der Waals surface area contributed by atoms with Gasteiger partial charge in [-0.25, -0.2) is 14.3 Å². The lowest BCUT2D eigenvalue weighted by Gasteiger charge is -2.15. The van der Waals surface area contributed by atoms with E-state index >= 15 is 0 Å². The minimum Gasteiger partial charge on any atom is -0.352 e. The number of allylic oxidation sites excluding steroid dienone is 1. The molecular weight excluding hydrogens is 537 g/mol. The van der Waals surface area contributed by atoms with Gasteiger partial charge >= 0.3 is 0 Å². The van der Waals surface area contributed by atoms with Crippen molar-refractivity contribution in [1.82, 2.24) is 5.48 Å². The zero-order valence-electron chi connectivity index (χ0n) is 18.0. The molecule has 0 spiro atoms. The van der Waals surface area contributed by atoms with Crippen LogP contribution < -0.4 is 10.8 Å². The third-order valence-corrected chi connectivity index (χ3v) is 5.27. The van der Waals surface area contributed by atoms with Crippen LogP contribution in [0.5, 0.6) is 0 Å². The summed E-state index contributed by atoms with van der Waals surface area (Å²) in [5.41, 5.74) is 4.95. The molecule has 3 aromatic carbocycles. The van der Waals surface area contributed by atoms with Crippen molar-refractivity contribution >= 4 is 39.9 Å². The number of carbonyl (C=O) groups excluding carboxylic acids is 1. The lowest BCUT2D eigenvalue weighted by atomic mass is 10.1. The van der Waals surface area contributed by atoms with E-state index < -0.39 is 17.5 Å². The molecule has 0 aliphatic carbocycles. The molecule has 7 heteroatoms. The Morgan fingerprint density at radius 3 is 2.61 bits per heavy atom. The summed E-state index contributed by atoms with van der Waals surface area (Å²) in [6.45, 7) is 3.71. The van der Waals surface area contributed by atoms with Gasteiger partial charge in [-0.05, 0) is 96.1 Å². The first-order valence-corrected chi connectivity index (χ1v) is 11.1. The monoisotopic (exact) mass is 558 g/mol. The van der Waals surface area contributed by atoms with Crippen LogP contribution in [0.3, 0.4) is 0 Å². The van der Waals surface area contributed by atoms with Crippen LogP contribution >= 0.6 is 22.6 Å². The van der Waals surface area contributed by atoms with Crippen LogP contribution in [0.4, 0.5) is 20.2 Å². The van der Waals surface area contributed by atoms with Gasteiger partial charge in [-0.15, -0.1) is 0 Å². The molecule has 33 heavy (non-hydrogen) atoms. The van der Waals surface area contributed by atoms with Gasteiger partial charge < -0.3 is 5.32 Å². The van der Waals surface area contributed by atoms with E-state index in [4.69, 9.17) is 4.84 Å². The van der Waals surface area contributed by atoms with Gasteiger partial charge in [-0.2, -0.15) is 0 Å². The van der Waals surface area contributed by atoms with Gasteiger partial charge in [0.1, 0.15) is 0 Å². The van der Waals surface area contributed by atoms with Crippen molar-refractivity contribution in [2.45, 2.75) is 13.8 Å². The maximum Gasteiger partial charge on any atom is 0.277 e. The van der Waals surface area contributed by atoms with Gasteiger partial charge in [-0.1, -0.05) is 30.0 Å². The van der Waals surface area contributed by atoms with Gasteiger partial charge in [-0.3, -0.25) is 9.63 Å². The molecule has 168 valence electrons. The predicted octanol–water partition coefficient (Wildman–Crippen LogP) is 6.28. The summed E-state index contributed by atoms with van der Waals surface area (Å²) < 4.78 is 29.4. The molecule has 0 aliphatic rings. The summed E-state index contributed by atoms with van der Waals surface area (Å²) in [6.07, 6.45) is 1.70. The second-order valence-corrected chi connectivity index (χ2v) is 8.36. The largest absolute Gasteiger partial charge is 0.352 e. The summed E-state index contributed by atoms with van der Waals surface area (Å²) in [4.78, 5) is 17.8. The SMILES string of the molecule is CC(C#Cc1ccccc1)=CCONC(=O)c1ccc(F)c(F)c1Nc1ccc(I)cc1C. The third-order valence-electron chi connectivity index (χ3n) is 4.60. The Labute approximate surface area is 205 Å². The van der Waals surface area contributed by atoms with Crippen LogP contribution in [-0.2, 0) is 4.84 Å². The van der Waals surface area contributed by atoms with Gasteiger partial charge in [0.25, 0.3) is 5.91 Å². The highest BCUT2D eigenvalue weighted by atomic mass is 127. The number of amides is 1. The molecule has 0 heterocycles. The van der Waals surface area contributed by atoms with Crippen LogP contribution in [0, 0.1) is 34.0 Å². The average molecular weight is 558 g/mol. The Morgan fingerprint density at radius 1 is 1.12 bits per heavy atom. The quantitative estimate of drug-likeness (QED) is 0.162. The smallest absolute Gasteiger partial charge is 0.277 e. The minimum absolute atomic E-state index is 0.0592. The van der Waals surface area contributed by atoms with Gasteiger partial charge in [0.2, 0.25) is 0 Å². The second kappa shape index (κ2) is 11.6. The molecule has 0 aromatic heterocycles. The Kier molecular flexibility index (Phi) is 8.58. The molecule has 0 unspecified atom stereocenters. The van der Waals surface area contributed by atoms with E-state index in [0.717, 1.165) is 26.3 Å². The van der Waals surface area contributed by atoms with E-state index in [1.807, 2.05) is 56.3 Å². The molecule has 0 saturated heterocycles. The van der Waals surface area contributed by atoms with Gasteiger partial charge in [0.15, 0.2) is 11.6 Å². The van der Waals surface area contributed by atoms with Crippen LogP contribution in [0.2, 0.25) is 0 Å². The van der Waals surface area contributed by atoms with Gasteiger partial charge in [0, 0.05) is 14.8 Å². The highest BCUT2D eigenvalue weighted by Crippen LogP contribution is 2.28. The van der Waals surface area contributed by atoms with Crippen LogP contribution in [-0.4, -0.2) is 12.5 Å². The number of aryl methyl sites for hydroxylation is 1. The molecule has 3 aromatic rings. The van der Waals surface area contributed by atoms with E-state index in [9.17, 15) is 13.6 Å². The Balaban J connectivity index is 1.67. The van der Waals surface area contributed by atoms with Crippen molar-refractivity contribution in [3.63, 3.8) is 0 Å². The van der Waals surface area contributed by atoms with E-state index in [1.165, 1.54) is 6.07 Å². The maximum atomic E-state index is 14.6. The van der Waals surface area contributed by atoms with Crippen molar-refractivity contribution in [2.24, 2.45) is 0 Å². The van der Waals surface area contributed by atoms with Gasteiger partial charge in [0.05, 0.1) is 17.9 Å². The summed E-state index contributed by atoms with van der Waals surface area (Å²) >= 11 is 2.16. The van der Waals surface area contributed by atoms with Crippen molar-refractivity contribution < 1.29 is 18.4 Å². The van der Waals surface area contributed by atoms with E-state index in [1.54, 1.807) is 12.1 Å². The average Bonchev–Trinajstić information content (AvgIpc) is 2.80. The summed E-state index contributed by atoms with van der Waals surface area (Å²) in [6, 6.07) is 17.1.